The van der Waals surface area contributed by atoms with Gasteiger partial charge in [0, 0.05) is 29.3 Å². The Morgan fingerprint density at radius 1 is 0.571 bits per heavy atom. The number of phenols is 1. The van der Waals surface area contributed by atoms with E-state index >= 15 is 0 Å². The second-order valence-electron chi connectivity index (χ2n) is 6.38. The predicted octanol–water partition coefficient (Wildman–Crippen LogP) is 8.15. The minimum Gasteiger partial charge on any atom is -0.508 e. The van der Waals surface area contributed by atoms with Gasteiger partial charge in [0.1, 0.15) is 5.75 Å². The molecule has 0 atom stereocenters. The summed E-state index contributed by atoms with van der Waals surface area (Å²) in [7, 11) is 0. The van der Waals surface area contributed by atoms with E-state index in [4.69, 9.17) is 0 Å². The third kappa shape index (κ3) is 3.47. The van der Waals surface area contributed by atoms with Gasteiger partial charge in [0.15, 0.2) is 0 Å². The number of phenolic OH excluding ortho intramolecular Hbond substituents is 1. The Labute approximate surface area is 179 Å². The van der Waals surface area contributed by atoms with Gasteiger partial charge < -0.3 is 5.11 Å². The molecule has 5 rings (SSSR count). The van der Waals surface area contributed by atoms with Crippen molar-refractivity contribution in [1.29, 1.82) is 0 Å². The fourth-order valence-electron chi connectivity index (χ4n) is 3.25. The summed E-state index contributed by atoms with van der Waals surface area (Å²) in [6.07, 6.45) is 0. The molecular formula is C23H16OS4. The maximum Gasteiger partial charge on any atom is 0.115 e. The molecule has 0 aliphatic heterocycles. The molecule has 5 aromatic rings. The van der Waals surface area contributed by atoms with Crippen LogP contribution in [-0.4, -0.2) is 5.11 Å². The molecule has 1 aromatic carbocycles. The fraction of sp³-hybridized carbons (Fsp3) is 0.0435. The summed E-state index contributed by atoms with van der Waals surface area (Å²) < 4.78 is 0. The topological polar surface area (TPSA) is 20.2 Å². The Morgan fingerprint density at radius 3 is 1.57 bits per heavy atom. The Balaban J connectivity index is 1.59. The van der Waals surface area contributed by atoms with Crippen LogP contribution in [0.1, 0.15) is 21.2 Å². The number of aromatic hydroxyl groups is 1. The molecule has 138 valence electrons. The zero-order valence-electron chi connectivity index (χ0n) is 14.7. The maximum absolute atomic E-state index is 9.75. The molecule has 0 unspecified atom stereocenters. The molecule has 0 amide bonds. The summed E-state index contributed by atoms with van der Waals surface area (Å²) in [4.78, 5) is 7.90. The fourth-order valence-corrected chi connectivity index (χ4v) is 7.31. The Morgan fingerprint density at radius 2 is 1.11 bits per heavy atom. The monoisotopic (exact) mass is 436 g/mol. The lowest BCUT2D eigenvalue weighted by atomic mass is 9.95. The summed E-state index contributed by atoms with van der Waals surface area (Å²) in [6.45, 7) is 0. The van der Waals surface area contributed by atoms with E-state index in [-0.39, 0.29) is 5.92 Å². The Kier molecular flexibility index (Phi) is 4.91. The van der Waals surface area contributed by atoms with Crippen molar-refractivity contribution in [2.75, 3.05) is 0 Å². The van der Waals surface area contributed by atoms with Gasteiger partial charge in [-0.1, -0.05) is 24.3 Å². The molecule has 4 heterocycles. The molecule has 1 N–H and O–H groups in total. The smallest absolute Gasteiger partial charge is 0.115 e. The molecular weight excluding hydrogens is 421 g/mol. The van der Waals surface area contributed by atoms with Crippen LogP contribution in [0.4, 0.5) is 0 Å². The summed E-state index contributed by atoms with van der Waals surface area (Å²) in [6, 6.07) is 25.2. The van der Waals surface area contributed by atoms with E-state index in [1.54, 1.807) is 34.8 Å². The molecule has 0 saturated carbocycles. The quantitative estimate of drug-likeness (QED) is 0.295. The van der Waals surface area contributed by atoms with E-state index in [1.807, 2.05) is 34.8 Å². The van der Waals surface area contributed by atoms with E-state index in [1.165, 1.54) is 34.8 Å². The highest BCUT2D eigenvalue weighted by molar-refractivity contribution is 7.22. The number of hydrogen-bond acceptors (Lipinski definition) is 5. The molecule has 0 saturated heterocycles. The minimum absolute atomic E-state index is 0.179. The lowest BCUT2D eigenvalue weighted by Crippen LogP contribution is -1.98. The predicted molar refractivity (Wildman–Crippen MR) is 124 cm³/mol. The van der Waals surface area contributed by atoms with Crippen LogP contribution in [0.5, 0.6) is 5.75 Å². The minimum atomic E-state index is 0.179. The molecule has 0 aliphatic carbocycles. The van der Waals surface area contributed by atoms with Crippen molar-refractivity contribution in [3.63, 3.8) is 0 Å². The standard InChI is InChI=1S/C23H16OS4/c24-16-7-5-15(6-8-16)23(21-11-9-19(27-21)17-3-1-13-25-17)22-12-10-20(28-22)18-4-2-14-26-18/h1-14,23-24H. The first-order valence-corrected chi connectivity index (χ1v) is 12.2. The van der Waals surface area contributed by atoms with Crippen molar-refractivity contribution in [3.8, 4) is 25.3 Å². The lowest BCUT2D eigenvalue weighted by Gasteiger charge is -2.15. The van der Waals surface area contributed by atoms with Crippen LogP contribution in [0, 0.1) is 0 Å². The van der Waals surface area contributed by atoms with E-state index in [2.05, 4.69) is 59.3 Å². The third-order valence-corrected chi connectivity index (χ3v) is 9.01. The molecule has 0 spiro atoms. The second kappa shape index (κ2) is 7.68. The second-order valence-corrected chi connectivity index (χ2v) is 10.5. The molecule has 0 aliphatic rings. The molecule has 0 radical (unpaired) electrons. The first kappa shape index (κ1) is 17.9. The molecule has 5 heteroatoms. The molecule has 4 aromatic heterocycles. The van der Waals surface area contributed by atoms with Crippen LogP contribution < -0.4 is 0 Å². The number of hydrogen-bond donors (Lipinski definition) is 1. The van der Waals surface area contributed by atoms with Gasteiger partial charge in [0.25, 0.3) is 0 Å². The van der Waals surface area contributed by atoms with E-state index in [0.717, 1.165) is 0 Å². The van der Waals surface area contributed by atoms with Crippen molar-refractivity contribution in [3.05, 3.63) is 98.9 Å². The van der Waals surface area contributed by atoms with Gasteiger partial charge in [-0.05, 0) is 64.9 Å². The lowest BCUT2D eigenvalue weighted by molar-refractivity contribution is 0.475. The summed E-state index contributed by atoms with van der Waals surface area (Å²) in [5, 5.41) is 14.0. The van der Waals surface area contributed by atoms with Crippen molar-refractivity contribution >= 4 is 45.3 Å². The molecule has 0 fully saturated rings. The highest BCUT2D eigenvalue weighted by atomic mass is 32.1. The highest BCUT2D eigenvalue weighted by Crippen LogP contribution is 2.44. The largest absolute Gasteiger partial charge is 0.508 e. The van der Waals surface area contributed by atoms with Crippen LogP contribution in [0.15, 0.2) is 83.6 Å². The molecule has 1 nitrogen and oxygen atoms in total. The van der Waals surface area contributed by atoms with Gasteiger partial charge in [0.2, 0.25) is 0 Å². The molecule has 28 heavy (non-hydrogen) atoms. The zero-order chi connectivity index (χ0) is 18.9. The van der Waals surface area contributed by atoms with Gasteiger partial charge in [-0.15, -0.1) is 45.3 Å². The van der Waals surface area contributed by atoms with Crippen LogP contribution in [0.3, 0.4) is 0 Å². The summed E-state index contributed by atoms with van der Waals surface area (Å²) in [5.41, 5.74) is 1.21. The van der Waals surface area contributed by atoms with E-state index in [9.17, 15) is 5.11 Å². The zero-order valence-corrected chi connectivity index (χ0v) is 18.0. The SMILES string of the molecule is Oc1ccc(C(c2ccc(-c3cccs3)s2)c2ccc(-c3cccs3)s2)cc1. The Hall–Kier alpha value is -2.18. The first-order valence-electron chi connectivity index (χ1n) is 8.84. The maximum atomic E-state index is 9.75. The van der Waals surface area contributed by atoms with Crippen LogP contribution >= 0.6 is 45.3 Å². The van der Waals surface area contributed by atoms with Crippen molar-refractivity contribution < 1.29 is 5.11 Å². The van der Waals surface area contributed by atoms with Gasteiger partial charge in [-0.3, -0.25) is 0 Å². The number of thiophene rings is 4. The first-order chi connectivity index (χ1) is 13.8. The van der Waals surface area contributed by atoms with E-state index < -0.39 is 0 Å². The van der Waals surface area contributed by atoms with Gasteiger partial charge in [-0.25, -0.2) is 0 Å². The molecule has 0 bridgehead atoms. The Bertz CT molecular complexity index is 1090. The number of benzene rings is 1. The average Bonchev–Trinajstić information content (AvgIpc) is 3.48. The highest BCUT2D eigenvalue weighted by Gasteiger charge is 2.22. The number of rotatable bonds is 5. The van der Waals surface area contributed by atoms with Gasteiger partial charge >= 0.3 is 0 Å². The normalized spacial score (nSPS) is 11.3. The van der Waals surface area contributed by atoms with Crippen molar-refractivity contribution in [2.45, 2.75) is 5.92 Å². The van der Waals surface area contributed by atoms with E-state index in [0.29, 0.717) is 5.75 Å². The summed E-state index contributed by atoms with van der Waals surface area (Å²) in [5.74, 6) is 0.483. The van der Waals surface area contributed by atoms with Crippen LogP contribution in [-0.2, 0) is 0 Å². The van der Waals surface area contributed by atoms with Gasteiger partial charge in [0.05, 0.1) is 5.92 Å². The van der Waals surface area contributed by atoms with Crippen LogP contribution in [0.2, 0.25) is 0 Å². The van der Waals surface area contributed by atoms with Crippen molar-refractivity contribution in [2.24, 2.45) is 0 Å². The van der Waals surface area contributed by atoms with Gasteiger partial charge in [-0.2, -0.15) is 0 Å². The van der Waals surface area contributed by atoms with Crippen LogP contribution in [0.25, 0.3) is 19.5 Å². The third-order valence-electron chi connectivity index (χ3n) is 4.58. The summed E-state index contributed by atoms with van der Waals surface area (Å²) >= 11 is 7.27. The average molecular weight is 437 g/mol. The van der Waals surface area contributed by atoms with Crippen molar-refractivity contribution in [1.82, 2.24) is 0 Å².